The third-order valence-electron chi connectivity index (χ3n) is 4.30. The standard InChI is InChI=1S/C19H21N3O3S/c1-14-7-8-16(26-14)18(24)20-13-17(23)21-9-11-22(12-10-21)19(25)15-5-3-2-4-6-15/h2-8H,9-13H2,1H3,(H,20,24). The van der Waals surface area contributed by atoms with Crippen LogP contribution in [0.25, 0.3) is 0 Å². The molecule has 0 atom stereocenters. The Balaban J connectivity index is 1.46. The first kappa shape index (κ1) is 18.1. The van der Waals surface area contributed by atoms with E-state index in [1.807, 2.05) is 31.2 Å². The fraction of sp³-hybridized carbons (Fsp3) is 0.316. The summed E-state index contributed by atoms with van der Waals surface area (Å²) in [7, 11) is 0. The maximum Gasteiger partial charge on any atom is 0.261 e. The van der Waals surface area contributed by atoms with E-state index in [2.05, 4.69) is 5.32 Å². The molecule has 1 saturated heterocycles. The molecule has 136 valence electrons. The van der Waals surface area contributed by atoms with Gasteiger partial charge in [0.15, 0.2) is 0 Å². The monoisotopic (exact) mass is 371 g/mol. The van der Waals surface area contributed by atoms with E-state index < -0.39 is 0 Å². The number of benzene rings is 1. The number of nitrogens with zero attached hydrogens (tertiary/aromatic N) is 2. The van der Waals surface area contributed by atoms with Gasteiger partial charge in [0.1, 0.15) is 0 Å². The van der Waals surface area contributed by atoms with Crippen LogP contribution in [-0.2, 0) is 4.79 Å². The number of thiophene rings is 1. The fourth-order valence-electron chi connectivity index (χ4n) is 2.83. The van der Waals surface area contributed by atoms with Crippen molar-refractivity contribution in [2.75, 3.05) is 32.7 Å². The number of rotatable bonds is 4. The highest BCUT2D eigenvalue weighted by molar-refractivity contribution is 7.13. The van der Waals surface area contributed by atoms with Crippen molar-refractivity contribution in [2.24, 2.45) is 0 Å². The fourth-order valence-corrected chi connectivity index (χ4v) is 3.62. The highest BCUT2D eigenvalue weighted by Gasteiger charge is 2.25. The molecule has 1 aromatic heterocycles. The van der Waals surface area contributed by atoms with Crippen LogP contribution in [0.4, 0.5) is 0 Å². The SMILES string of the molecule is Cc1ccc(C(=O)NCC(=O)N2CCN(C(=O)c3ccccc3)CC2)s1. The lowest BCUT2D eigenvalue weighted by atomic mass is 10.2. The molecule has 26 heavy (non-hydrogen) atoms. The zero-order valence-electron chi connectivity index (χ0n) is 14.6. The van der Waals surface area contributed by atoms with Gasteiger partial charge in [0.25, 0.3) is 11.8 Å². The largest absolute Gasteiger partial charge is 0.342 e. The second-order valence-electron chi connectivity index (χ2n) is 6.13. The molecule has 0 unspecified atom stereocenters. The van der Waals surface area contributed by atoms with Crippen LogP contribution in [0.15, 0.2) is 42.5 Å². The zero-order chi connectivity index (χ0) is 18.5. The number of hydrogen-bond acceptors (Lipinski definition) is 4. The van der Waals surface area contributed by atoms with Gasteiger partial charge in [-0.25, -0.2) is 0 Å². The van der Waals surface area contributed by atoms with Crippen molar-refractivity contribution < 1.29 is 14.4 Å². The third-order valence-corrected chi connectivity index (χ3v) is 5.30. The van der Waals surface area contributed by atoms with Gasteiger partial charge in [0.05, 0.1) is 11.4 Å². The Morgan fingerprint density at radius 3 is 2.23 bits per heavy atom. The average Bonchev–Trinajstić information content (AvgIpc) is 3.12. The van der Waals surface area contributed by atoms with Crippen LogP contribution in [0.2, 0.25) is 0 Å². The summed E-state index contributed by atoms with van der Waals surface area (Å²) in [6, 6.07) is 12.8. The van der Waals surface area contributed by atoms with Crippen LogP contribution in [0, 0.1) is 6.92 Å². The van der Waals surface area contributed by atoms with Crippen molar-refractivity contribution in [3.8, 4) is 0 Å². The van der Waals surface area contributed by atoms with E-state index >= 15 is 0 Å². The van der Waals surface area contributed by atoms with Gasteiger partial charge in [-0.3, -0.25) is 14.4 Å². The first-order valence-electron chi connectivity index (χ1n) is 8.51. The molecule has 1 aliphatic rings. The van der Waals surface area contributed by atoms with E-state index in [0.717, 1.165) is 4.88 Å². The minimum Gasteiger partial charge on any atom is -0.342 e. The molecular weight excluding hydrogens is 350 g/mol. The van der Waals surface area contributed by atoms with Crippen LogP contribution < -0.4 is 5.32 Å². The lowest BCUT2D eigenvalue weighted by molar-refractivity contribution is -0.131. The summed E-state index contributed by atoms with van der Waals surface area (Å²) in [6.07, 6.45) is 0. The first-order chi connectivity index (χ1) is 12.5. The molecule has 0 spiro atoms. The number of carbonyl (C=O) groups excluding carboxylic acids is 3. The number of amides is 3. The molecule has 0 aliphatic carbocycles. The molecular formula is C19H21N3O3S. The summed E-state index contributed by atoms with van der Waals surface area (Å²) in [5, 5.41) is 2.67. The summed E-state index contributed by atoms with van der Waals surface area (Å²) >= 11 is 1.40. The maximum absolute atomic E-state index is 12.4. The Morgan fingerprint density at radius 2 is 1.62 bits per heavy atom. The van der Waals surface area contributed by atoms with Crippen LogP contribution in [0.3, 0.4) is 0 Å². The Labute approximate surface area is 156 Å². The molecule has 7 heteroatoms. The van der Waals surface area contributed by atoms with Crippen molar-refractivity contribution in [2.45, 2.75) is 6.92 Å². The Bertz CT molecular complexity index is 795. The molecule has 1 aliphatic heterocycles. The Hall–Kier alpha value is -2.67. The van der Waals surface area contributed by atoms with E-state index in [-0.39, 0.29) is 24.3 Å². The van der Waals surface area contributed by atoms with E-state index in [1.54, 1.807) is 28.0 Å². The van der Waals surface area contributed by atoms with Crippen molar-refractivity contribution in [3.05, 3.63) is 57.8 Å². The summed E-state index contributed by atoms with van der Waals surface area (Å²) in [6.45, 7) is 3.86. The third kappa shape index (κ3) is 4.29. The Morgan fingerprint density at radius 1 is 0.962 bits per heavy atom. The number of aryl methyl sites for hydroxylation is 1. The normalized spacial score (nSPS) is 14.2. The molecule has 3 amide bonds. The first-order valence-corrected chi connectivity index (χ1v) is 9.33. The van der Waals surface area contributed by atoms with Crippen molar-refractivity contribution >= 4 is 29.1 Å². The lowest BCUT2D eigenvalue weighted by Crippen LogP contribution is -2.52. The van der Waals surface area contributed by atoms with Gasteiger partial charge in [0.2, 0.25) is 5.91 Å². The van der Waals surface area contributed by atoms with Gasteiger partial charge >= 0.3 is 0 Å². The molecule has 2 heterocycles. The molecule has 2 aromatic rings. The minimum absolute atomic E-state index is 0.0148. The van der Waals surface area contributed by atoms with Crippen LogP contribution in [0.5, 0.6) is 0 Å². The lowest BCUT2D eigenvalue weighted by Gasteiger charge is -2.34. The van der Waals surface area contributed by atoms with Gasteiger partial charge in [-0.05, 0) is 31.2 Å². The number of piperazine rings is 1. The highest BCUT2D eigenvalue weighted by atomic mass is 32.1. The van der Waals surface area contributed by atoms with E-state index in [0.29, 0.717) is 36.6 Å². The van der Waals surface area contributed by atoms with Crippen molar-refractivity contribution in [3.63, 3.8) is 0 Å². The quantitative estimate of drug-likeness (QED) is 0.891. The molecule has 3 rings (SSSR count). The molecule has 0 radical (unpaired) electrons. The number of hydrogen-bond donors (Lipinski definition) is 1. The minimum atomic E-state index is -0.227. The smallest absolute Gasteiger partial charge is 0.261 e. The molecule has 1 aromatic carbocycles. The summed E-state index contributed by atoms with van der Waals surface area (Å²) < 4.78 is 0. The van der Waals surface area contributed by atoms with Crippen molar-refractivity contribution in [1.82, 2.24) is 15.1 Å². The van der Waals surface area contributed by atoms with Gasteiger partial charge in [-0.2, -0.15) is 0 Å². The molecule has 6 nitrogen and oxygen atoms in total. The average molecular weight is 371 g/mol. The van der Waals surface area contributed by atoms with Gasteiger partial charge in [0, 0.05) is 36.6 Å². The molecule has 1 fully saturated rings. The zero-order valence-corrected chi connectivity index (χ0v) is 15.4. The second-order valence-corrected chi connectivity index (χ2v) is 7.42. The van der Waals surface area contributed by atoms with Gasteiger partial charge < -0.3 is 15.1 Å². The van der Waals surface area contributed by atoms with Crippen LogP contribution in [0.1, 0.15) is 24.9 Å². The summed E-state index contributed by atoms with van der Waals surface area (Å²) in [4.78, 5) is 41.8. The predicted octanol–water partition coefficient (Wildman–Crippen LogP) is 1.77. The molecule has 0 saturated carbocycles. The molecule has 0 bridgehead atoms. The van der Waals surface area contributed by atoms with E-state index in [1.165, 1.54) is 11.3 Å². The number of nitrogens with one attached hydrogen (secondary N) is 1. The van der Waals surface area contributed by atoms with Crippen LogP contribution in [-0.4, -0.2) is 60.2 Å². The summed E-state index contributed by atoms with van der Waals surface area (Å²) in [5.41, 5.74) is 0.658. The molecule has 1 N–H and O–H groups in total. The highest BCUT2D eigenvalue weighted by Crippen LogP contribution is 2.14. The van der Waals surface area contributed by atoms with E-state index in [4.69, 9.17) is 0 Å². The van der Waals surface area contributed by atoms with E-state index in [9.17, 15) is 14.4 Å². The maximum atomic E-state index is 12.4. The number of carbonyl (C=O) groups is 3. The predicted molar refractivity (Wildman–Crippen MR) is 100 cm³/mol. The second kappa shape index (κ2) is 8.14. The Kier molecular flexibility index (Phi) is 5.68. The van der Waals surface area contributed by atoms with Crippen LogP contribution >= 0.6 is 11.3 Å². The van der Waals surface area contributed by atoms with Crippen molar-refractivity contribution in [1.29, 1.82) is 0 Å². The van der Waals surface area contributed by atoms with Gasteiger partial charge in [-0.15, -0.1) is 11.3 Å². The topological polar surface area (TPSA) is 69.7 Å². The summed E-state index contributed by atoms with van der Waals surface area (Å²) in [5.74, 6) is -0.369. The van der Waals surface area contributed by atoms with Gasteiger partial charge in [-0.1, -0.05) is 18.2 Å².